The van der Waals surface area contributed by atoms with Crippen LogP contribution in [0.5, 0.6) is 5.75 Å². The monoisotopic (exact) mass is 542 g/mol. The molecule has 0 saturated heterocycles. The number of nitrogens with zero attached hydrogens (tertiary/aromatic N) is 2. The van der Waals surface area contributed by atoms with Crippen molar-refractivity contribution in [3.8, 4) is 5.75 Å². The van der Waals surface area contributed by atoms with Crippen LogP contribution in [0.1, 0.15) is 40.3 Å². The van der Waals surface area contributed by atoms with Gasteiger partial charge < -0.3 is 4.74 Å². The van der Waals surface area contributed by atoms with Crippen LogP contribution in [0.4, 0.5) is 0 Å². The predicted molar refractivity (Wildman–Crippen MR) is 145 cm³/mol. The van der Waals surface area contributed by atoms with Gasteiger partial charge in [-0.05, 0) is 60.2 Å². The predicted octanol–water partition coefficient (Wildman–Crippen LogP) is 5.40. The van der Waals surface area contributed by atoms with E-state index < -0.39 is 0 Å². The Balaban J connectivity index is 1.64. The van der Waals surface area contributed by atoms with Gasteiger partial charge in [-0.25, -0.2) is 4.99 Å². The molecule has 0 spiro atoms. The van der Waals surface area contributed by atoms with Gasteiger partial charge in [-0.15, -0.1) is 0 Å². The zero-order valence-corrected chi connectivity index (χ0v) is 21.8. The summed E-state index contributed by atoms with van der Waals surface area (Å²) in [5, 5.41) is 0. The van der Waals surface area contributed by atoms with Crippen LogP contribution in [0.3, 0.4) is 0 Å². The Morgan fingerprint density at radius 3 is 2.71 bits per heavy atom. The van der Waals surface area contributed by atoms with Crippen molar-refractivity contribution in [2.45, 2.75) is 25.8 Å². The van der Waals surface area contributed by atoms with Gasteiger partial charge in [-0.3, -0.25) is 9.36 Å². The maximum absolute atomic E-state index is 13.9. The zero-order chi connectivity index (χ0) is 24.1. The van der Waals surface area contributed by atoms with Crippen LogP contribution >= 0.6 is 27.3 Å². The third-order valence-electron chi connectivity index (χ3n) is 6.80. The summed E-state index contributed by atoms with van der Waals surface area (Å²) in [7, 11) is 1.68. The van der Waals surface area contributed by atoms with Crippen LogP contribution in [0.25, 0.3) is 11.8 Å². The molecule has 3 aromatic carbocycles. The van der Waals surface area contributed by atoms with Crippen LogP contribution in [-0.4, -0.2) is 11.7 Å². The van der Waals surface area contributed by atoms with E-state index in [2.05, 4.69) is 59.3 Å². The first-order chi connectivity index (χ1) is 17.0. The van der Waals surface area contributed by atoms with E-state index in [1.807, 2.05) is 41.0 Å². The van der Waals surface area contributed by atoms with E-state index in [1.54, 1.807) is 7.11 Å². The summed E-state index contributed by atoms with van der Waals surface area (Å²) in [6.45, 7) is 2.05. The molecule has 2 heterocycles. The number of aryl methyl sites for hydroxylation is 2. The summed E-state index contributed by atoms with van der Waals surface area (Å²) in [5.74, 6) is 0.780. The van der Waals surface area contributed by atoms with Crippen molar-refractivity contribution in [1.82, 2.24) is 4.57 Å². The number of rotatable bonds is 3. The summed E-state index contributed by atoms with van der Waals surface area (Å²) < 4.78 is 9.32. The maximum atomic E-state index is 13.9. The molecule has 2 aliphatic rings. The molecule has 4 nitrogen and oxygen atoms in total. The Kier molecular flexibility index (Phi) is 5.58. The summed E-state index contributed by atoms with van der Waals surface area (Å²) >= 11 is 5.06. The van der Waals surface area contributed by atoms with E-state index in [0.29, 0.717) is 4.53 Å². The molecule has 1 aliphatic heterocycles. The third-order valence-corrected chi connectivity index (χ3v) is 8.64. The number of thiazole rings is 1. The molecule has 0 radical (unpaired) electrons. The maximum Gasteiger partial charge on any atom is 0.271 e. The summed E-state index contributed by atoms with van der Waals surface area (Å²) in [5.41, 5.74) is 7.74. The van der Waals surface area contributed by atoms with E-state index in [-0.39, 0.29) is 11.6 Å². The number of para-hydroxylation sites is 1. The molecule has 1 atom stereocenters. The van der Waals surface area contributed by atoms with Gasteiger partial charge in [0.15, 0.2) is 4.80 Å². The van der Waals surface area contributed by atoms with Crippen molar-refractivity contribution < 1.29 is 4.74 Å². The molecule has 6 heteroatoms. The topological polar surface area (TPSA) is 43.6 Å². The molecule has 0 N–H and O–H groups in total. The average Bonchev–Trinajstić information content (AvgIpc) is 3.19. The Bertz CT molecular complexity index is 1700. The highest BCUT2D eigenvalue weighted by molar-refractivity contribution is 9.10. The Labute approximate surface area is 215 Å². The molecule has 1 aromatic heterocycles. The van der Waals surface area contributed by atoms with Gasteiger partial charge in [0.1, 0.15) is 5.75 Å². The van der Waals surface area contributed by atoms with Gasteiger partial charge in [0.05, 0.1) is 23.4 Å². The van der Waals surface area contributed by atoms with Crippen LogP contribution in [0.15, 0.2) is 86.6 Å². The van der Waals surface area contributed by atoms with E-state index in [4.69, 9.17) is 9.73 Å². The number of ether oxygens (including phenoxy) is 1. The summed E-state index contributed by atoms with van der Waals surface area (Å²) in [6, 6.07) is 22.4. The number of hydrogen-bond acceptors (Lipinski definition) is 4. The van der Waals surface area contributed by atoms with E-state index in [1.165, 1.54) is 22.5 Å². The molecular weight excluding hydrogens is 520 g/mol. The highest BCUT2D eigenvalue weighted by Crippen LogP contribution is 2.43. The van der Waals surface area contributed by atoms with Gasteiger partial charge >= 0.3 is 0 Å². The van der Waals surface area contributed by atoms with Crippen molar-refractivity contribution in [2.75, 3.05) is 7.11 Å². The number of hydrogen-bond donors (Lipinski definition) is 0. The minimum Gasteiger partial charge on any atom is -0.496 e. The second-order valence-corrected chi connectivity index (χ2v) is 10.7. The third kappa shape index (κ3) is 3.72. The van der Waals surface area contributed by atoms with Crippen LogP contribution in [0, 0.1) is 6.92 Å². The van der Waals surface area contributed by atoms with Gasteiger partial charge in [-0.1, -0.05) is 81.9 Å². The molecule has 0 amide bonds. The zero-order valence-electron chi connectivity index (χ0n) is 19.4. The largest absolute Gasteiger partial charge is 0.496 e. The summed E-state index contributed by atoms with van der Waals surface area (Å²) in [4.78, 5) is 19.7. The smallest absolute Gasteiger partial charge is 0.271 e. The second-order valence-electron chi connectivity index (χ2n) is 8.86. The van der Waals surface area contributed by atoms with E-state index in [9.17, 15) is 4.79 Å². The Morgan fingerprint density at radius 2 is 1.89 bits per heavy atom. The first-order valence-corrected chi connectivity index (χ1v) is 13.2. The molecule has 6 rings (SSSR count). The number of allylic oxidation sites excluding steroid dienone is 1. The fraction of sp³-hybridized carbons (Fsp3) is 0.172. The second kappa shape index (κ2) is 8.77. The van der Waals surface area contributed by atoms with Gasteiger partial charge in [-0.2, -0.15) is 0 Å². The first-order valence-electron chi connectivity index (χ1n) is 11.6. The molecule has 174 valence electrons. The average molecular weight is 543 g/mol. The van der Waals surface area contributed by atoms with Crippen molar-refractivity contribution in [3.63, 3.8) is 0 Å². The van der Waals surface area contributed by atoms with Gasteiger partial charge in [0, 0.05) is 15.6 Å². The highest BCUT2D eigenvalue weighted by atomic mass is 79.9. The number of aromatic nitrogens is 1. The van der Waals surface area contributed by atoms with Gasteiger partial charge in [0.2, 0.25) is 0 Å². The lowest BCUT2D eigenvalue weighted by Crippen LogP contribution is -2.39. The molecular formula is C29H23BrN2O2S. The van der Waals surface area contributed by atoms with Gasteiger partial charge in [0.25, 0.3) is 5.56 Å². The van der Waals surface area contributed by atoms with Crippen molar-refractivity contribution in [1.29, 1.82) is 0 Å². The van der Waals surface area contributed by atoms with E-state index >= 15 is 0 Å². The Morgan fingerprint density at radius 1 is 1.09 bits per heavy atom. The molecule has 0 fully saturated rings. The molecule has 1 aliphatic carbocycles. The molecule has 0 saturated carbocycles. The molecule has 0 unspecified atom stereocenters. The molecule has 35 heavy (non-hydrogen) atoms. The lowest BCUT2D eigenvalue weighted by Gasteiger charge is -2.31. The fourth-order valence-electron chi connectivity index (χ4n) is 5.04. The number of halogens is 1. The first kappa shape index (κ1) is 22.3. The number of methoxy groups -OCH3 is 1. The number of fused-ring (bicyclic) bond motifs is 3. The quantitative estimate of drug-likeness (QED) is 0.348. The van der Waals surface area contributed by atoms with Crippen LogP contribution < -0.4 is 19.6 Å². The summed E-state index contributed by atoms with van der Waals surface area (Å²) in [6.07, 6.45) is 3.75. The standard InChI is InChI=1S/C29H23BrN2O2S/c1-17-11-12-18(15-23(17)30)16-25-28(33)32-27(21-9-5-6-10-24(21)34-2)22-14-13-19-7-3-4-8-20(19)26(22)31-29(32)35-25/h3-12,15-16,27H,13-14H2,1-2H3/b25-16-/t27-/m1/s1. The fourth-order valence-corrected chi connectivity index (χ4v) is 6.44. The normalized spacial score (nSPS) is 16.9. The number of benzene rings is 3. The van der Waals surface area contributed by atoms with Crippen molar-refractivity contribution in [3.05, 3.63) is 124 Å². The minimum atomic E-state index is -0.252. The van der Waals surface area contributed by atoms with E-state index in [0.717, 1.165) is 55.8 Å². The molecule has 4 aromatic rings. The van der Waals surface area contributed by atoms with Crippen LogP contribution in [-0.2, 0) is 6.42 Å². The minimum absolute atomic E-state index is 0.0215. The van der Waals surface area contributed by atoms with Crippen molar-refractivity contribution >= 4 is 39.0 Å². The SMILES string of the molecule is COc1ccccc1[C@@H]1C2=C(N=c3s/c(=C\c4ccc(C)c(Br)c4)c(=O)n31)c1ccccc1CC2. The molecule has 0 bridgehead atoms. The Hall–Kier alpha value is -3.22. The lowest BCUT2D eigenvalue weighted by atomic mass is 9.83. The van der Waals surface area contributed by atoms with Crippen molar-refractivity contribution in [2.24, 2.45) is 4.99 Å². The lowest BCUT2D eigenvalue weighted by molar-refractivity contribution is 0.402. The highest BCUT2D eigenvalue weighted by Gasteiger charge is 2.33. The van der Waals surface area contributed by atoms with Crippen LogP contribution in [0.2, 0.25) is 0 Å².